The van der Waals surface area contributed by atoms with Gasteiger partial charge in [-0.05, 0) is 47.1 Å². The van der Waals surface area contributed by atoms with Gasteiger partial charge in [-0.1, -0.05) is 6.92 Å². The highest BCUT2D eigenvalue weighted by Crippen LogP contribution is 2.17. The highest BCUT2D eigenvalue weighted by molar-refractivity contribution is 4.81. The average molecular weight is 242 g/mol. The molecule has 1 unspecified atom stereocenters. The minimum atomic E-state index is 0.212. The minimum absolute atomic E-state index is 0.212. The van der Waals surface area contributed by atoms with E-state index < -0.39 is 0 Å². The zero-order valence-electron chi connectivity index (χ0n) is 12.3. The molecule has 1 saturated heterocycles. The second-order valence-corrected chi connectivity index (χ2v) is 6.20. The van der Waals surface area contributed by atoms with Crippen molar-refractivity contribution in [2.45, 2.75) is 64.6 Å². The fourth-order valence-electron chi connectivity index (χ4n) is 2.39. The van der Waals surface area contributed by atoms with Crippen molar-refractivity contribution < 1.29 is 4.74 Å². The van der Waals surface area contributed by atoms with Crippen molar-refractivity contribution in [1.29, 1.82) is 0 Å². The van der Waals surface area contributed by atoms with E-state index in [4.69, 9.17) is 4.74 Å². The third-order valence-corrected chi connectivity index (χ3v) is 3.68. The summed E-state index contributed by atoms with van der Waals surface area (Å²) in [5, 5.41) is 3.62. The van der Waals surface area contributed by atoms with E-state index in [2.05, 4.69) is 45.0 Å². The van der Waals surface area contributed by atoms with Crippen LogP contribution in [0.1, 0.15) is 47.0 Å². The van der Waals surface area contributed by atoms with Gasteiger partial charge in [0.25, 0.3) is 0 Å². The number of likely N-dealkylation sites (N-methyl/N-ethyl adjacent to an activating group) is 1. The fraction of sp³-hybridized carbons (Fsp3) is 1.00. The SMILES string of the molecule is CCC(CNC(C)(C)C)N(C)C1CCOCC1. The van der Waals surface area contributed by atoms with E-state index in [1.165, 1.54) is 19.3 Å². The third-order valence-electron chi connectivity index (χ3n) is 3.68. The Morgan fingerprint density at radius 2 is 1.88 bits per heavy atom. The molecule has 0 saturated carbocycles. The summed E-state index contributed by atoms with van der Waals surface area (Å²) in [5.41, 5.74) is 0.212. The van der Waals surface area contributed by atoms with Crippen LogP contribution in [0.4, 0.5) is 0 Å². The van der Waals surface area contributed by atoms with Crippen LogP contribution in [0, 0.1) is 0 Å². The van der Waals surface area contributed by atoms with Gasteiger partial charge in [0.15, 0.2) is 0 Å². The molecule has 1 heterocycles. The summed E-state index contributed by atoms with van der Waals surface area (Å²) in [5.74, 6) is 0. The second kappa shape index (κ2) is 6.72. The van der Waals surface area contributed by atoms with Crippen molar-refractivity contribution in [3.63, 3.8) is 0 Å². The Bertz CT molecular complexity index is 207. The summed E-state index contributed by atoms with van der Waals surface area (Å²) in [6.45, 7) is 11.9. The molecule has 0 bridgehead atoms. The Balaban J connectivity index is 2.42. The molecule has 1 N–H and O–H groups in total. The molecule has 0 aromatic heterocycles. The zero-order valence-corrected chi connectivity index (χ0v) is 12.3. The fourth-order valence-corrected chi connectivity index (χ4v) is 2.39. The van der Waals surface area contributed by atoms with Crippen molar-refractivity contribution in [3.05, 3.63) is 0 Å². The normalized spacial score (nSPS) is 20.8. The predicted octanol–water partition coefficient (Wildman–Crippen LogP) is 2.26. The number of ether oxygens (including phenoxy) is 1. The monoisotopic (exact) mass is 242 g/mol. The van der Waals surface area contributed by atoms with E-state index in [1.807, 2.05) is 0 Å². The van der Waals surface area contributed by atoms with Crippen LogP contribution in [0.3, 0.4) is 0 Å². The van der Waals surface area contributed by atoms with Crippen LogP contribution in [-0.2, 0) is 4.74 Å². The quantitative estimate of drug-likeness (QED) is 0.800. The molecule has 1 atom stereocenters. The van der Waals surface area contributed by atoms with Crippen molar-refractivity contribution in [2.24, 2.45) is 0 Å². The molecule has 3 nitrogen and oxygen atoms in total. The van der Waals surface area contributed by atoms with Crippen molar-refractivity contribution in [2.75, 3.05) is 26.8 Å². The summed E-state index contributed by atoms with van der Waals surface area (Å²) in [6.07, 6.45) is 3.57. The molecule has 0 radical (unpaired) electrons. The molecule has 102 valence electrons. The molecule has 0 aliphatic carbocycles. The molecule has 0 amide bonds. The summed E-state index contributed by atoms with van der Waals surface area (Å²) in [4.78, 5) is 2.56. The Morgan fingerprint density at radius 1 is 1.29 bits per heavy atom. The van der Waals surface area contributed by atoms with Gasteiger partial charge in [0.2, 0.25) is 0 Å². The molecule has 3 heteroatoms. The van der Waals surface area contributed by atoms with E-state index >= 15 is 0 Å². The first-order valence-electron chi connectivity index (χ1n) is 6.98. The van der Waals surface area contributed by atoms with E-state index in [0.29, 0.717) is 12.1 Å². The summed E-state index contributed by atoms with van der Waals surface area (Å²) < 4.78 is 5.44. The topological polar surface area (TPSA) is 24.5 Å². The number of nitrogens with one attached hydrogen (secondary N) is 1. The van der Waals surface area contributed by atoms with E-state index in [-0.39, 0.29) is 5.54 Å². The maximum atomic E-state index is 5.44. The van der Waals surface area contributed by atoms with Crippen molar-refractivity contribution in [1.82, 2.24) is 10.2 Å². The van der Waals surface area contributed by atoms with Crippen LogP contribution in [0.15, 0.2) is 0 Å². The molecule has 17 heavy (non-hydrogen) atoms. The molecule has 0 spiro atoms. The van der Waals surface area contributed by atoms with Gasteiger partial charge in [0, 0.05) is 37.4 Å². The first-order valence-corrected chi connectivity index (χ1v) is 6.98. The summed E-state index contributed by atoms with van der Waals surface area (Å²) >= 11 is 0. The largest absolute Gasteiger partial charge is 0.381 e. The smallest absolute Gasteiger partial charge is 0.0480 e. The van der Waals surface area contributed by atoms with Crippen LogP contribution >= 0.6 is 0 Å². The number of rotatable bonds is 5. The number of hydrogen-bond acceptors (Lipinski definition) is 3. The van der Waals surface area contributed by atoms with Crippen molar-refractivity contribution in [3.8, 4) is 0 Å². The highest BCUT2D eigenvalue weighted by atomic mass is 16.5. The summed E-state index contributed by atoms with van der Waals surface area (Å²) in [7, 11) is 2.27. The van der Waals surface area contributed by atoms with Gasteiger partial charge in [0.05, 0.1) is 0 Å². The van der Waals surface area contributed by atoms with Crippen LogP contribution < -0.4 is 5.32 Å². The van der Waals surface area contributed by atoms with Gasteiger partial charge in [-0.25, -0.2) is 0 Å². The lowest BCUT2D eigenvalue weighted by atomic mass is 10.0. The lowest BCUT2D eigenvalue weighted by molar-refractivity contribution is 0.0269. The molecule has 1 aliphatic rings. The first kappa shape index (κ1) is 14.9. The standard InChI is InChI=1S/C14H30N2O/c1-6-12(11-15-14(2,3)4)16(5)13-7-9-17-10-8-13/h12-13,15H,6-11H2,1-5H3. The highest BCUT2D eigenvalue weighted by Gasteiger charge is 2.24. The third kappa shape index (κ3) is 5.36. The molecular formula is C14H30N2O. The minimum Gasteiger partial charge on any atom is -0.381 e. The zero-order chi connectivity index (χ0) is 12.9. The maximum absolute atomic E-state index is 5.44. The molecular weight excluding hydrogens is 212 g/mol. The first-order chi connectivity index (χ1) is 7.94. The van der Waals surface area contributed by atoms with Gasteiger partial charge in [-0.15, -0.1) is 0 Å². The molecule has 0 aromatic carbocycles. The summed E-state index contributed by atoms with van der Waals surface area (Å²) in [6, 6.07) is 1.34. The van der Waals surface area contributed by atoms with Gasteiger partial charge in [0.1, 0.15) is 0 Å². The maximum Gasteiger partial charge on any atom is 0.0480 e. The molecule has 1 rings (SSSR count). The Morgan fingerprint density at radius 3 is 2.35 bits per heavy atom. The Kier molecular flexibility index (Phi) is 5.90. The molecule has 1 fully saturated rings. The van der Waals surface area contributed by atoms with Gasteiger partial charge >= 0.3 is 0 Å². The average Bonchev–Trinajstić information content (AvgIpc) is 2.29. The van der Waals surface area contributed by atoms with E-state index in [9.17, 15) is 0 Å². The van der Waals surface area contributed by atoms with Crippen LogP contribution in [0.2, 0.25) is 0 Å². The van der Waals surface area contributed by atoms with Gasteiger partial charge in [-0.2, -0.15) is 0 Å². The van der Waals surface area contributed by atoms with Crippen LogP contribution in [0.5, 0.6) is 0 Å². The Labute approximate surface area is 107 Å². The van der Waals surface area contributed by atoms with Gasteiger partial charge in [-0.3, -0.25) is 4.90 Å². The van der Waals surface area contributed by atoms with Crippen LogP contribution in [0.25, 0.3) is 0 Å². The molecule has 1 aliphatic heterocycles. The van der Waals surface area contributed by atoms with E-state index in [0.717, 1.165) is 19.8 Å². The second-order valence-electron chi connectivity index (χ2n) is 6.20. The number of nitrogens with zero attached hydrogens (tertiary/aromatic N) is 1. The van der Waals surface area contributed by atoms with E-state index in [1.54, 1.807) is 0 Å². The molecule has 0 aromatic rings. The lowest BCUT2D eigenvalue weighted by Crippen LogP contribution is -2.50. The Hall–Kier alpha value is -0.120. The lowest BCUT2D eigenvalue weighted by Gasteiger charge is -2.38. The van der Waals surface area contributed by atoms with Gasteiger partial charge < -0.3 is 10.1 Å². The predicted molar refractivity (Wildman–Crippen MR) is 73.4 cm³/mol. The van der Waals surface area contributed by atoms with Crippen LogP contribution in [-0.4, -0.2) is 49.3 Å². The number of hydrogen-bond donors (Lipinski definition) is 1. The van der Waals surface area contributed by atoms with Crippen molar-refractivity contribution >= 4 is 0 Å².